The zero-order valence-electron chi connectivity index (χ0n) is 15.5. The molecule has 0 saturated heterocycles. The Hall–Kier alpha value is -4.27. The number of hydrogen-bond donors (Lipinski definition) is 4. The van der Waals surface area contributed by atoms with Gasteiger partial charge < -0.3 is 11.1 Å². The molecule has 1 amide bonds. The Balaban J connectivity index is 1.56. The molecular formula is C20H18N8O. The highest BCUT2D eigenvalue weighted by Crippen LogP contribution is 2.29. The fourth-order valence-electron chi connectivity index (χ4n) is 2.74. The topological polar surface area (TPSA) is 131 Å². The molecule has 144 valence electrons. The van der Waals surface area contributed by atoms with E-state index in [4.69, 9.17) is 5.73 Å². The summed E-state index contributed by atoms with van der Waals surface area (Å²) < 4.78 is 0. The molecule has 0 aliphatic rings. The first kappa shape index (κ1) is 18.1. The number of nitrogens with two attached hydrogens (primary N) is 1. The molecule has 4 rings (SSSR count). The molecule has 0 aliphatic heterocycles. The van der Waals surface area contributed by atoms with Crippen molar-refractivity contribution < 1.29 is 4.79 Å². The van der Waals surface area contributed by atoms with Crippen LogP contribution in [0, 0.1) is 6.92 Å². The van der Waals surface area contributed by atoms with Crippen LogP contribution < -0.4 is 21.9 Å². The molecule has 9 heteroatoms. The fraction of sp³-hybridized carbons (Fsp3) is 0.0500. The smallest absolute Gasteiger partial charge is 0.288 e. The van der Waals surface area contributed by atoms with Gasteiger partial charge in [-0.1, -0.05) is 24.3 Å². The van der Waals surface area contributed by atoms with Crippen LogP contribution in [0.2, 0.25) is 0 Å². The lowest BCUT2D eigenvalue weighted by molar-refractivity contribution is 0.0957. The molecule has 0 fully saturated rings. The lowest BCUT2D eigenvalue weighted by Gasteiger charge is -2.14. The lowest BCUT2D eigenvalue weighted by Crippen LogP contribution is -2.31. The first-order valence-corrected chi connectivity index (χ1v) is 8.83. The van der Waals surface area contributed by atoms with Gasteiger partial charge in [-0.3, -0.25) is 25.6 Å². The summed E-state index contributed by atoms with van der Waals surface area (Å²) in [6.45, 7) is 1.93. The summed E-state index contributed by atoms with van der Waals surface area (Å²) in [5.41, 5.74) is 14.4. The number of hydrazine groups is 1. The fourth-order valence-corrected chi connectivity index (χ4v) is 2.74. The highest BCUT2D eigenvalue weighted by atomic mass is 16.2. The molecule has 29 heavy (non-hydrogen) atoms. The van der Waals surface area contributed by atoms with Gasteiger partial charge in [-0.15, -0.1) is 0 Å². The second-order valence-electron chi connectivity index (χ2n) is 6.23. The minimum absolute atomic E-state index is 0.249. The Kier molecular flexibility index (Phi) is 4.85. The van der Waals surface area contributed by atoms with Crippen LogP contribution in [0.25, 0.3) is 10.9 Å². The quantitative estimate of drug-likeness (QED) is 0.385. The van der Waals surface area contributed by atoms with Gasteiger partial charge in [-0.05, 0) is 31.2 Å². The summed E-state index contributed by atoms with van der Waals surface area (Å²) in [5, 5.41) is 4.19. The van der Waals surface area contributed by atoms with Crippen LogP contribution in [-0.4, -0.2) is 25.8 Å². The second-order valence-corrected chi connectivity index (χ2v) is 6.23. The highest BCUT2D eigenvalue weighted by molar-refractivity contribution is 5.95. The van der Waals surface area contributed by atoms with Gasteiger partial charge in [-0.2, -0.15) is 0 Å². The molecular weight excluding hydrogens is 368 g/mol. The summed E-state index contributed by atoms with van der Waals surface area (Å²) in [5.74, 6) is 0.244. The van der Waals surface area contributed by atoms with Crippen LogP contribution in [-0.2, 0) is 0 Å². The maximum atomic E-state index is 12.1. The van der Waals surface area contributed by atoms with Gasteiger partial charge in [0, 0.05) is 17.3 Å². The summed E-state index contributed by atoms with van der Waals surface area (Å²) in [4.78, 5) is 29.0. The number of pyridine rings is 2. The van der Waals surface area contributed by atoms with Crippen molar-refractivity contribution >= 4 is 39.8 Å². The van der Waals surface area contributed by atoms with E-state index in [0.717, 1.165) is 22.3 Å². The number of aromatic nitrogens is 4. The van der Waals surface area contributed by atoms with Gasteiger partial charge in [-0.25, -0.2) is 9.97 Å². The number of carbonyl (C=O) groups is 1. The number of rotatable bonds is 5. The third-order valence-electron chi connectivity index (χ3n) is 4.19. The minimum atomic E-state index is -0.410. The zero-order chi connectivity index (χ0) is 20.2. The molecule has 5 N–H and O–H groups in total. The number of amides is 1. The van der Waals surface area contributed by atoms with Crippen molar-refractivity contribution in [2.45, 2.75) is 6.92 Å². The van der Waals surface area contributed by atoms with E-state index < -0.39 is 5.91 Å². The van der Waals surface area contributed by atoms with E-state index in [1.807, 2.05) is 37.3 Å². The molecule has 0 spiro atoms. The van der Waals surface area contributed by atoms with Crippen molar-refractivity contribution in [2.75, 3.05) is 16.5 Å². The predicted octanol–water partition coefficient (Wildman–Crippen LogP) is 2.81. The van der Waals surface area contributed by atoms with Crippen LogP contribution in [0.4, 0.5) is 23.0 Å². The number of fused-ring (bicyclic) bond motifs is 1. The van der Waals surface area contributed by atoms with Gasteiger partial charge >= 0.3 is 0 Å². The molecule has 1 aromatic carbocycles. The SMILES string of the molecule is Cc1ccc2cccc(Nc3ncnc(NNC(=O)c4ccccn4)c3N)c2n1. The summed E-state index contributed by atoms with van der Waals surface area (Å²) in [7, 11) is 0. The molecule has 0 radical (unpaired) electrons. The van der Waals surface area contributed by atoms with Crippen molar-refractivity contribution in [3.63, 3.8) is 0 Å². The number of anilines is 4. The molecule has 0 unspecified atom stereocenters. The number of nitrogens with zero attached hydrogens (tertiary/aromatic N) is 4. The number of benzene rings is 1. The highest BCUT2D eigenvalue weighted by Gasteiger charge is 2.12. The molecule has 3 heterocycles. The zero-order valence-corrected chi connectivity index (χ0v) is 15.5. The Bertz CT molecular complexity index is 1180. The molecule has 0 atom stereocenters. The van der Waals surface area contributed by atoms with E-state index in [1.165, 1.54) is 12.5 Å². The Morgan fingerprint density at radius 2 is 1.83 bits per heavy atom. The normalized spacial score (nSPS) is 10.5. The third kappa shape index (κ3) is 3.88. The second kappa shape index (κ2) is 7.77. The number of nitrogens with one attached hydrogen (secondary N) is 3. The van der Waals surface area contributed by atoms with Crippen LogP contribution in [0.1, 0.15) is 16.2 Å². The number of nitrogen functional groups attached to an aromatic ring is 1. The van der Waals surface area contributed by atoms with Crippen LogP contribution in [0.5, 0.6) is 0 Å². The van der Waals surface area contributed by atoms with E-state index in [2.05, 4.69) is 36.1 Å². The van der Waals surface area contributed by atoms with Crippen molar-refractivity contribution in [3.8, 4) is 0 Å². The Morgan fingerprint density at radius 1 is 0.966 bits per heavy atom. The van der Waals surface area contributed by atoms with E-state index in [0.29, 0.717) is 5.82 Å². The lowest BCUT2D eigenvalue weighted by atomic mass is 10.1. The maximum Gasteiger partial charge on any atom is 0.288 e. The van der Waals surface area contributed by atoms with Crippen LogP contribution in [0.3, 0.4) is 0 Å². The summed E-state index contributed by atoms with van der Waals surface area (Å²) >= 11 is 0. The minimum Gasteiger partial charge on any atom is -0.393 e. The van der Waals surface area contributed by atoms with E-state index >= 15 is 0 Å². The maximum absolute atomic E-state index is 12.1. The first-order chi connectivity index (χ1) is 14.1. The van der Waals surface area contributed by atoms with E-state index in [-0.39, 0.29) is 17.2 Å². The number of hydrogen-bond acceptors (Lipinski definition) is 8. The van der Waals surface area contributed by atoms with Crippen molar-refractivity contribution in [1.82, 2.24) is 25.4 Å². The monoisotopic (exact) mass is 386 g/mol. The summed E-state index contributed by atoms with van der Waals surface area (Å²) in [6, 6.07) is 14.8. The van der Waals surface area contributed by atoms with Gasteiger partial charge in [0.15, 0.2) is 11.6 Å². The van der Waals surface area contributed by atoms with Crippen molar-refractivity contribution in [1.29, 1.82) is 0 Å². The largest absolute Gasteiger partial charge is 0.393 e. The molecule has 9 nitrogen and oxygen atoms in total. The molecule has 4 aromatic rings. The number of para-hydroxylation sites is 1. The third-order valence-corrected chi connectivity index (χ3v) is 4.19. The van der Waals surface area contributed by atoms with Crippen LogP contribution in [0.15, 0.2) is 61.1 Å². The van der Waals surface area contributed by atoms with Gasteiger partial charge in [0.05, 0.1) is 11.2 Å². The van der Waals surface area contributed by atoms with Crippen LogP contribution >= 0.6 is 0 Å². The Morgan fingerprint density at radius 3 is 2.66 bits per heavy atom. The molecule has 0 bridgehead atoms. The van der Waals surface area contributed by atoms with Gasteiger partial charge in [0.1, 0.15) is 17.7 Å². The van der Waals surface area contributed by atoms with E-state index in [1.54, 1.807) is 18.2 Å². The van der Waals surface area contributed by atoms with Crippen molar-refractivity contribution in [2.24, 2.45) is 0 Å². The number of carbonyl (C=O) groups excluding carboxylic acids is 1. The average Bonchev–Trinajstić information content (AvgIpc) is 2.75. The van der Waals surface area contributed by atoms with Crippen molar-refractivity contribution in [3.05, 3.63) is 72.4 Å². The van der Waals surface area contributed by atoms with E-state index in [9.17, 15) is 4.79 Å². The Labute approximate surface area is 166 Å². The molecule has 0 saturated carbocycles. The van der Waals surface area contributed by atoms with Gasteiger partial charge in [0.2, 0.25) is 0 Å². The standard InChI is InChI=1S/C20H18N8O/c1-12-8-9-13-5-4-7-14(17(13)25-12)26-18-16(21)19(24-11-23-18)27-28-20(29)15-6-2-3-10-22-15/h2-11H,21H2,1H3,(H,28,29)(H2,23,24,26,27). The molecule has 3 aromatic heterocycles. The van der Waals surface area contributed by atoms with Gasteiger partial charge in [0.25, 0.3) is 5.91 Å². The first-order valence-electron chi connectivity index (χ1n) is 8.83. The predicted molar refractivity (Wildman–Crippen MR) is 112 cm³/mol. The molecule has 0 aliphatic carbocycles. The number of aryl methyl sites for hydroxylation is 1. The average molecular weight is 386 g/mol. The summed E-state index contributed by atoms with van der Waals surface area (Å²) in [6.07, 6.45) is 2.88.